The van der Waals surface area contributed by atoms with E-state index in [-0.39, 0.29) is 5.75 Å². The molecule has 13 heavy (non-hydrogen) atoms. The van der Waals surface area contributed by atoms with Crippen LogP contribution in [0.25, 0.3) is 0 Å². The minimum absolute atomic E-state index is 0.167. The monoisotopic (exact) mass is 247 g/mol. The van der Waals surface area contributed by atoms with Crippen molar-refractivity contribution in [1.82, 2.24) is 4.31 Å². The van der Waals surface area contributed by atoms with Gasteiger partial charge in [0.2, 0.25) is 10.0 Å². The first-order chi connectivity index (χ1) is 6.08. The highest BCUT2D eigenvalue weighted by molar-refractivity contribution is 7.89. The second kappa shape index (κ2) is 6.87. The van der Waals surface area contributed by atoms with Gasteiger partial charge in [0.25, 0.3) is 0 Å². The Morgan fingerprint density at radius 2 is 1.62 bits per heavy atom. The van der Waals surface area contributed by atoms with Crippen molar-refractivity contribution in [2.24, 2.45) is 0 Å². The predicted molar refractivity (Wildman–Crippen MR) is 57.1 cm³/mol. The summed E-state index contributed by atoms with van der Waals surface area (Å²) in [5, 5.41) is 0. The van der Waals surface area contributed by atoms with Crippen LogP contribution in [0.3, 0.4) is 0 Å². The Morgan fingerprint density at radius 3 is 1.92 bits per heavy atom. The SMILES string of the molecule is CCCS(=O)(=O)N(CCCl)CCCl. The van der Waals surface area contributed by atoms with Crippen molar-refractivity contribution in [3.63, 3.8) is 0 Å². The minimum atomic E-state index is -3.13. The van der Waals surface area contributed by atoms with Gasteiger partial charge < -0.3 is 0 Å². The molecular formula is C7H15Cl2NO2S. The normalized spacial score (nSPS) is 12.3. The van der Waals surface area contributed by atoms with Gasteiger partial charge >= 0.3 is 0 Å². The molecule has 0 bridgehead atoms. The first-order valence-corrected chi connectivity index (χ1v) is 6.86. The third-order valence-electron chi connectivity index (χ3n) is 1.52. The molecule has 80 valence electrons. The highest BCUT2D eigenvalue weighted by atomic mass is 35.5. The number of sulfonamides is 1. The molecule has 0 spiro atoms. The molecule has 0 radical (unpaired) electrons. The van der Waals surface area contributed by atoms with E-state index >= 15 is 0 Å². The van der Waals surface area contributed by atoms with Gasteiger partial charge in [-0.05, 0) is 6.42 Å². The molecule has 0 aromatic rings. The lowest BCUT2D eigenvalue weighted by Crippen LogP contribution is -2.36. The van der Waals surface area contributed by atoms with Gasteiger partial charge in [-0.1, -0.05) is 6.92 Å². The van der Waals surface area contributed by atoms with Crippen LogP contribution in [0.5, 0.6) is 0 Å². The number of rotatable bonds is 7. The zero-order chi connectivity index (χ0) is 10.3. The largest absolute Gasteiger partial charge is 0.214 e. The molecule has 0 unspecified atom stereocenters. The molecule has 0 aromatic heterocycles. The van der Waals surface area contributed by atoms with Crippen molar-refractivity contribution in [2.75, 3.05) is 30.6 Å². The third-order valence-corrected chi connectivity index (χ3v) is 3.94. The number of nitrogens with zero attached hydrogens (tertiary/aromatic N) is 1. The lowest BCUT2D eigenvalue weighted by atomic mass is 10.6. The van der Waals surface area contributed by atoms with Gasteiger partial charge in [-0.2, -0.15) is 4.31 Å². The van der Waals surface area contributed by atoms with E-state index in [4.69, 9.17) is 23.2 Å². The number of hydrogen-bond donors (Lipinski definition) is 0. The Hall–Kier alpha value is 0.490. The lowest BCUT2D eigenvalue weighted by Gasteiger charge is -2.19. The van der Waals surface area contributed by atoms with Crippen LogP contribution < -0.4 is 0 Å². The summed E-state index contributed by atoms with van der Waals surface area (Å²) in [6.45, 7) is 2.52. The summed E-state index contributed by atoms with van der Waals surface area (Å²) in [6.07, 6.45) is 0.614. The Bertz CT molecular complexity index is 213. The van der Waals surface area contributed by atoms with E-state index in [1.54, 1.807) is 0 Å². The first kappa shape index (κ1) is 13.5. The summed E-state index contributed by atoms with van der Waals surface area (Å²) >= 11 is 11.0. The van der Waals surface area contributed by atoms with Crippen molar-refractivity contribution >= 4 is 33.2 Å². The highest BCUT2D eigenvalue weighted by Gasteiger charge is 2.19. The van der Waals surface area contributed by atoms with Crippen LogP contribution >= 0.6 is 23.2 Å². The molecule has 0 aliphatic rings. The Kier molecular flexibility index (Phi) is 7.13. The molecule has 0 aromatic carbocycles. The standard InChI is InChI=1S/C7H15Cl2NO2S/c1-2-7-13(11,12)10(5-3-8)6-4-9/h2-7H2,1H3. The zero-order valence-electron chi connectivity index (χ0n) is 7.67. The summed E-state index contributed by atoms with van der Waals surface area (Å²) < 4.78 is 24.4. The summed E-state index contributed by atoms with van der Waals surface area (Å²) in [4.78, 5) is 0. The average Bonchev–Trinajstić information content (AvgIpc) is 2.04. The average molecular weight is 248 g/mol. The van der Waals surface area contributed by atoms with Gasteiger partial charge in [0, 0.05) is 24.8 Å². The fourth-order valence-corrected chi connectivity index (χ4v) is 3.09. The van der Waals surface area contributed by atoms with E-state index in [1.807, 2.05) is 6.92 Å². The molecule has 0 N–H and O–H groups in total. The van der Waals surface area contributed by atoms with Crippen LogP contribution in [0.2, 0.25) is 0 Å². The molecule has 0 aliphatic carbocycles. The van der Waals surface area contributed by atoms with Crippen LogP contribution in [0.4, 0.5) is 0 Å². The van der Waals surface area contributed by atoms with E-state index in [0.717, 1.165) is 0 Å². The molecule has 0 fully saturated rings. The summed E-state index contributed by atoms with van der Waals surface area (Å²) in [5.41, 5.74) is 0. The number of alkyl halides is 2. The fraction of sp³-hybridized carbons (Fsp3) is 1.00. The Balaban J connectivity index is 4.33. The lowest BCUT2D eigenvalue weighted by molar-refractivity contribution is 0.448. The molecule has 3 nitrogen and oxygen atoms in total. The van der Waals surface area contributed by atoms with Crippen molar-refractivity contribution < 1.29 is 8.42 Å². The fourth-order valence-electron chi connectivity index (χ4n) is 0.966. The number of hydrogen-bond acceptors (Lipinski definition) is 2. The van der Waals surface area contributed by atoms with Crippen LogP contribution in [0.1, 0.15) is 13.3 Å². The van der Waals surface area contributed by atoms with Crippen LogP contribution in [0, 0.1) is 0 Å². The third kappa shape index (κ3) is 5.05. The van der Waals surface area contributed by atoms with Gasteiger partial charge in [-0.3, -0.25) is 0 Å². The molecular weight excluding hydrogens is 233 g/mol. The Labute approximate surface area is 90.1 Å². The second-order valence-electron chi connectivity index (χ2n) is 2.59. The maximum atomic E-state index is 11.5. The van der Waals surface area contributed by atoms with Gasteiger partial charge in [0.05, 0.1) is 5.75 Å². The first-order valence-electron chi connectivity index (χ1n) is 4.18. The topological polar surface area (TPSA) is 37.4 Å². The van der Waals surface area contributed by atoms with Gasteiger partial charge in [0.1, 0.15) is 0 Å². The molecule has 0 saturated carbocycles. The van der Waals surface area contributed by atoms with Crippen molar-refractivity contribution in [3.8, 4) is 0 Å². The van der Waals surface area contributed by atoms with Crippen LogP contribution in [0.15, 0.2) is 0 Å². The minimum Gasteiger partial charge on any atom is -0.212 e. The van der Waals surface area contributed by atoms with E-state index in [1.165, 1.54) is 4.31 Å². The zero-order valence-corrected chi connectivity index (χ0v) is 10.00. The van der Waals surface area contributed by atoms with Crippen molar-refractivity contribution in [2.45, 2.75) is 13.3 Å². The second-order valence-corrected chi connectivity index (χ2v) is 5.44. The highest BCUT2D eigenvalue weighted by Crippen LogP contribution is 2.04. The molecule has 0 atom stereocenters. The molecule has 0 aliphatic heterocycles. The quantitative estimate of drug-likeness (QED) is 0.640. The molecule has 0 saturated heterocycles. The van der Waals surface area contributed by atoms with Crippen LogP contribution in [-0.4, -0.2) is 43.3 Å². The smallest absolute Gasteiger partial charge is 0.212 e. The van der Waals surface area contributed by atoms with Crippen LogP contribution in [-0.2, 0) is 10.0 Å². The van der Waals surface area contributed by atoms with Gasteiger partial charge in [0.15, 0.2) is 0 Å². The van der Waals surface area contributed by atoms with Gasteiger partial charge in [-0.15, -0.1) is 23.2 Å². The van der Waals surface area contributed by atoms with Crippen molar-refractivity contribution in [3.05, 3.63) is 0 Å². The molecule has 0 rings (SSSR count). The summed E-state index contributed by atoms with van der Waals surface area (Å²) in [5.74, 6) is 0.778. The summed E-state index contributed by atoms with van der Waals surface area (Å²) in [6, 6.07) is 0. The summed E-state index contributed by atoms with van der Waals surface area (Å²) in [7, 11) is -3.13. The maximum Gasteiger partial charge on any atom is 0.214 e. The predicted octanol–water partition coefficient (Wildman–Crippen LogP) is 1.51. The molecule has 0 amide bonds. The van der Waals surface area contributed by atoms with E-state index in [9.17, 15) is 8.42 Å². The maximum absolute atomic E-state index is 11.5. The molecule has 6 heteroatoms. The molecule has 0 heterocycles. The number of halogens is 2. The van der Waals surface area contributed by atoms with Gasteiger partial charge in [-0.25, -0.2) is 8.42 Å². The van der Waals surface area contributed by atoms with E-state index in [0.29, 0.717) is 31.3 Å². The van der Waals surface area contributed by atoms with E-state index in [2.05, 4.69) is 0 Å². The Morgan fingerprint density at radius 1 is 1.15 bits per heavy atom. The van der Waals surface area contributed by atoms with E-state index < -0.39 is 10.0 Å². The van der Waals surface area contributed by atoms with Crippen molar-refractivity contribution in [1.29, 1.82) is 0 Å².